The molecule has 1 rings (SSSR count). The topological polar surface area (TPSA) is 57.2 Å². The van der Waals surface area contributed by atoms with Gasteiger partial charge in [-0.05, 0) is 25.5 Å². The van der Waals surface area contributed by atoms with Crippen LogP contribution in [-0.4, -0.2) is 49.4 Å². The van der Waals surface area contributed by atoms with Gasteiger partial charge in [0.15, 0.2) is 0 Å². The second-order valence-corrected chi connectivity index (χ2v) is 7.68. The van der Waals surface area contributed by atoms with Gasteiger partial charge in [-0.15, -0.1) is 0 Å². The van der Waals surface area contributed by atoms with Crippen LogP contribution in [0.25, 0.3) is 0 Å². The molecule has 0 spiro atoms. The molecule has 0 aromatic heterocycles. The van der Waals surface area contributed by atoms with E-state index in [4.69, 9.17) is 18.0 Å². The van der Waals surface area contributed by atoms with Crippen molar-refractivity contribution in [3.63, 3.8) is 0 Å². The number of carbonyl (C=O) groups excluding carboxylic acids is 1. The standard InChI is InChI=1S/C15H25NO5Si/c1-5-21-15(17)16(14-10-7-6-8-11-14)12-9-13-22(18-2,19-3)20-4/h6-8,10-11H,5,9,12-13H2,1-4H3. The molecule has 1 aromatic rings. The minimum absolute atomic E-state index is 0.342. The Morgan fingerprint density at radius 2 is 1.68 bits per heavy atom. The highest BCUT2D eigenvalue weighted by Crippen LogP contribution is 2.19. The van der Waals surface area contributed by atoms with Crippen LogP contribution in [0.1, 0.15) is 13.3 Å². The molecule has 0 radical (unpaired) electrons. The highest BCUT2D eigenvalue weighted by molar-refractivity contribution is 6.60. The summed E-state index contributed by atoms with van der Waals surface area (Å²) in [6.45, 7) is 2.64. The fourth-order valence-electron chi connectivity index (χ4n) is 2.14. The van der Waals surface area contributed by atoms with Gasteiger partial charge in [0.2, 0.25) is 0 Å². The van der Waals surface area contributed by atoms with E-state index >= 15 is 0 Å². The monoisotopic (exact) mass is 327 g/mol. The van der Waals surface area contributed by atoms with Crippen molar-refractivity contribution in [1.29, 1.82) is 0 Å². The van der Waals surface area contributed by atoms with Crippen LogP contribution in [0.5, 0.6) is 0 Å². The van der Waals surface area contributed by atoms with Gasteiger partial charge in [0.05, 0.1) is 6.61 Å². The summed E-state index contributed by atoms with van der Waals surface area (Å²) < 4.78 is 21.3. The maximum atomic E-state index is 12.1. The molecule has 0 atom stereocenters. The van der Waals surface area contributed by atoms with Crippen LogP contribution in [-0.2, 0) is 18.0 Å². The van der Waals surface area contributed by atoms with E-state index < -0.39 is 8.80 Å². The normalized spacial score (nSPS) is 11.3. The van der Waals surface area contributed by atoms with E-state index in [0.717, 1.165) is 5.69 Å². The molecule has 0 aliphatic rings. The van der Waals surface area contributed by atoms with E-state index in [1.165, 1.54) is 0 Å². The number of hydrogen-bond acceptors (Lipinski definition) is 5. The fourth-order valence-corrected chi connectivity index (χ4v) is 3.85. The average Bonchev–Trinajstić information content (AvgIpc) is 2.57. The average molecular weight is 327 g/mol. The molecule has 0 heterocycles. The first-order chi connectivity index (χ1) is 10.6. The first-order valence-corrected chi connectivity index (χ1v) is 9.20. The highest BCUT2D eigenvalue weighted by atomic mass is 28.4. The van der Waals surface area contributed by atoms with Crippen LogP contribution in [0.15, 0.2) is 30.3 Å². The summed E-state index contributed by atoms with van der Waals surface area (Å²) in [7, 11) is 2.13. The summed E-state index contributed by atoms with van der Waals surface area (Å²) >= 11 is 0. The molecule has 22 heavy (non-hydrogen) atoms. The summed E-state index contributed by atoms with van der Waals surface area (Å²) in [4.78, 5) is 13.7. The van der Waals surface area contributed by atoms with E-state index in [2.05, 4.69) is 0 Å². The zero-order valence-corrected chi connectivity index (χ0v) is 14.7. The first-order valence-electron chi connectivity index (χ1n) is 7.27. The van der Waals surface area contributed by atoms with Crippen molar-refractivity contribution in [3.05, 3.63) is 30.3 Å². The number of anilines is 1. The molecule has 0 saturated carbocycles. The van der Waals surface area contributed by atoms with Crippen LogP contribution < -0.4 is 4.90 Å². The summed E-state index contributed by atoms with van der Waals surface area (Å²) in [5.41, 5.74) is 0.806. The third-order valence-electron chi connectivity index (χ3n) is 3.35. The number of hydrogen-bond donors (Lipinski definition) is 0. The Balaban J connectivity index is 2.72. The van der Waals surface area contributed by atoms with Gasteiger partial charge < -0.3 is 18.0 Å². The van der Waals surface area contributed by atoms with Crippen molar-refractivity contribution < 1.29 is 22.8 Å². The second-order valence-electron chi connectivity index (χ2n) is 4.59. The van der Waals surface area contributed by atoms with Gasteiger partial charge >= 0.3 is 14.9 Å². The van der Waals surface area contributed by atoms with Gasteiger partial charge in [-0.2, -0.15) is 0 Å². The molecule has 0 fully saturated rings. The van der Waals surface area contributed by atoms with Gasteiger partial charge in [0, 0.05) is 39.6 Å². The molecule has 0 bridgehead atoms. The Morgan fingerprint density at radius 3 is 2.18 bits per heavy atom. The van der Waals surface area contributed by atoms with E-state index in [1.807, 2.05) is 30.3 Å². The number of amides is 1. The largest absolute Gasteiger partial charge is 0.500 e. The maximum absolute atomic E-state index is 12.1. The molecule has 0 unspecified atom stereocenters. The molecule has 0 aliphatic carbocycles. The number of para-hydroxylation sites is 1. The SMILES string of the molecule is CCOC(=O)N(CCC[Si](OC)(OC)OC)c1ccccc1. The third-order valence-corrected chi connectivity index (χ3v) is 6.19. The number of rotatable bonds is 9. The van der Waals surface area contributed by atoms with Crippen molar-refractivity contribution in [2.24, 2.45) is 0 Å². The third kappa shape index (κ3) is 5.10. The molecule has 6 nitrogen and oxygen atoms in total. The molecule has 1 aromatic carbocycles. The molecular weight excluding hydrogens is 302 g/mol. The van der Waals surface area contributed by atoms with E-state index in [-0.39, 0.29) is 6.09 Å². The number of benzene rings is 1. The van der Waals surface area contributed by atoms with Crippen LogP contribution in [0, 0.1) is 0 Å². The lowest BCUT2D eigenvalue weighted by Crippen LogP contribution is -2.43. The van der Waals surface area contributed by atoms with Gasteiger partial charge in [-0.1, -0.05) is 18.2 Å². The number of ether oxygens (including phenoxy) is 1. The van der Waals surface area contributed by atoms with Gasteiger partial charge in [-0.3, -0.25) is 4.90 Å². The summed E-state index contributed by atoms with van der Waals surface area (Å²) in [5, 5.41) is 0. The second kappa shape index (κ2) is 9.57. The van der Waals surface area contributed by atoms with E-state index in [0.29, 0.717) is 25.6 Å². The molecule has 7 heteroatoms. The van der Waals surface area contributed by atoms with Crippen molar-refractivity contribution in [1.82, 2.24) is 0 Å². The lowest BCUT2D eigenvalue weighted by atomic mass is 10.3. The number of nitrogens with zero attached hydrogens (tertiary/aromatic N) is 1. The Morgan fingerprint density at radius 1 is 1.09 bits per heavy atom. The smallest absolute Gasteiger partial charge is 0.449 e. The lowest BCUT2D eigenvalue weighted by molar-refractivity contribution is 0.123. The zero-order chi connectivity index (χ0) is 16.4. The molecule has 1 amide bonds. The van der Waals surface area contributed by atoms with Crippen LogP contribution >= 0.6 is 0 Å². The minimum Gasteiger partial charge on any atom is -0.449 e. The summed E-state index contributed by atoms with van der Waals surface area (Å²) in [5.74, 6) is 0. The lowest BCUT2D eigenvalue weighted by Gasteiger charge is -2.26. The predicted octanol–water partition coefficient (Wildman–Crippen LogP) is 2.92. The highest BCUT2D eigenvalue weighted by Gasteiger charge is 2.37. The first kappa shape index (κ1) is 18.6. The molecule has 124 valence electrons. The van der Waals surface area contributed by atoms with Crippen LogP contribution in [0.2, 0.25) is 6.04 Å². The zero-order valence-electron chi connectivity index (χ0n) is 13.7. The van der Waals surface area contributed by atoms with Gasteiger partial charge in [0.1, 0.15) is 0 Å². The fraction of sp³-hybridized carbons (Fsp3) is 0.533. The predicted molar refractivity (Wildman–Crippen MR) is 87.0 cm³/mol. The van der Waals surface area contributed by atoms with Crippen molar-refractivity contribution in [2.45, 2.75) is 19.4 Å². The van der Waals surface area contributed by atoms with E-state index in [9.17, 15) is 4.79 Å². The Kier molecular flexibility index (Phi) is 8.11. The summed E-state index contributed by atoms with van der Waals surface area (Å²) in [6, 6.07) is 10.1. The van der Waals surface area contributed by atoms with Crippen molar-refractivity contribution in [2.75, 3.05) is 39.4 Å². The van der Waals surface area contributed by atoms with Crippen molar-refractivity contribution in [3.8, 4) is 0 Å². The van der Waals surface area contributed by atoms with E-state index in [1.54, 1.807) is 33.2 Å². The molecule has 0 aliphatic heterocycles. The molecular formula is C15H25NO5Si. The molecule has 0 saturated heterocycles. The van der Waals surface area contributed by atoms with Gasteiger partial charge in [0.25, 0.3) is 0 Å². The molecule has 0 N–H and O–H groups in total. The maximum Gasteiger partial charge on any atom is 0.500 e. The minimum atomic E-state index is -2.62. The van der Waals surface area contributed by atoms with Crippen molar-refractivity contribution >= 4 is 20.6 Å². The Hall–Kier alpha value is -1.41. The van der Waals surface area contributed by atoms with Crippen LogP contribution in [0.3, 0.4) is 0 Å². The number of carbonyl (C=O) groups is 1. The van der Waals surface area contributed by atoms with Crippen LogP contribution in [0.4, 0.5) is 10.5 Å². The Labute approximate surface area is 133 Å². The quantitative estimate of drug-likeness (QED) is 0.653. The Bertz CT molecular complexity index is 431. The summed E-state index contributed by atoms with van der Waals surface area (Å²) in [6.07, 6.45) is 0.336. The van der Waals surface area contributed by atoms with Gasteiger partial charge in [-0.25, -0.2) is 4.79 Å².